The summed E-state index contributed by atoms with van der Waals surface area (Å²) in [6, 6.07) is 10.1. The molecule has 0 spiro atoms. The lowest BCUT2D eigenvalue weighted by molar-refractivity contribution is 0.187. The Kier molecular flexibility index (Phi) is 12.7. The first-order valence-electron chi connectivity index (χ1n) is 10.2. The molecule has 0 aliphatic carbocycles. The zero-order valence-corrected chi connectivity index (χ0v) is 19.2. The van der Waals surface area contributed by atoms with Crippen LogP contribution >= 0.6 is 24.0 Å². The van der Waals surface area contributed by atoms with Gasteiger partial charge in [-0.25, -0.2) is 0 Å². The fourth-order valence-electron chi connectivity index (χ4n) is 3.52. The number of hydrogen-bond donors (Lipinski definition) is 3. The zero-order valence-electron chi connectivity index (χ0n) is 16.9. The third-order valence-corrected chi connectivity index (χ3v) is 5.30. The quantitative estimate of drug-likeness (QED) is 0.284. The number of nitrogens with one attached hydrogen (secondary N) is 2. The summed E-state index contributed by atoms with van der Waals surface area (Å²) >= 11 is 0. The van der Waals surface area contributed by atoms with Crippen LogP contribution in [0.1, 0.15) is 44.6 Å². The van der Waals surface area contributed by atoms with Crippen LogP contribution in [0.4, 0.5) is 0 Å². The molecule has 2 rings (SSSR count). The predicted molar refractivity (Wildman–Crippen MR) is 125 cm³/mol. The number of rotatable bonds is 9. The molecule has 27 heavy (non-hydrogen) atoms. The summed E-state index contributed by atoms with van der Waals surface area (Å²) < 4.78 is 0. The molecule has 6 heteroatoms. The van der Waals surface area contributed by atoms with Crippen molar-refractivity contribution in [2.75, 3.05) is 45.9 Å². The van der Waals surface area contributed by atoms with E-state index in [2.05, 4.69) is 41.5 Å². The largest absolute Gasteiger partial charge is 0.396 e. The van der Waals surface area contributed by atoms with Gasteiger partial charge >= 0.3 is 0 Å². The summed E-state index contributed by atoms with van der Waals surface area (Å²) in [6.07, 6.45) is 3.82. The van der Waals surface area contributed by atoms with Crippen LogP contribution in [0, 0.1) is 5.92 Å². The van der Waals surface area contributed by atoms with Gasteiger partial charge in [-0.05, 0) is 57.3 Å². The Bertz CT molecular complexity index is 518. The highest BCUT2D eigenvalue weighted by Gasteiger charge is 2.17. The van der Waals surface area contributed by atoms with E-state index in [1.54, 1.807) is 0 Å². The molecule has 1 saturated heterocycles. The fraction of sp³-hybridized carbons (Fsp3) is 0.667. The van der Waals surface area contributed by atoms with Crippen LogP contribution in [-0.4, -0.2) is 61.8 Å². The number of likely N-dealkylation sites (tertiary alicyclic amines) is 1. The van der Waals surface area contributed by atoms with Gasteiger partial charge in [-0.15, -0.1) is 24.0 Å². The van der Waals surface area contributed by atoms with Crippen LogP contribution in [0.15, 0.2) is 35.3 Å². The highest BCUT2D eigenvalue weighted by molar-refractivity contribution is 14.0. The standard InChI is InChI=1S/C21H36N4O.HI/c1-3-22-21(23-13-10-18-11-14-25(4-2)15-12-18)24-16-20(17-26)19-8-6-5-7-9-19;/h5-9,18,20,26H,3-4,10-17H2,1-2H3,(H2,22,23,24);1H. The Morgan fingerprint density at radius 3 is 2.48 bits per heavy atom. The van der Waals surface area contributed by atoms with Crippen molar-refractivity contribution >= 4 is 29.9 Å². The third-order valence-electron chi connectivity index (χ3n) is 5.30. The minimum absolute atomic E-state index is 0. The maximum atomic E-state index is 9.70. The maximum absolute atomic E-state index is 9.70. The molecule has 5 nitrogen and oxygen atoms in total. The first-order valence-corrected chi connectivity index (χ1v) is 10.2. The van der Waals surface area contributed by atoms with Crippen LogP contribution in [0.2, 0.25) is 0 Å². The van der Waals surface area contributed by atoms with Crippen molar-refractivity contribution in [3.63, 3.8) is 0 Å². The molecule has 1 fully saturated rings. The fourth-order valence-corrected chi connectivity index (χ4v) is 3.52. The lowest BCUT2D eigenvalue weighted by Gasteiger charge is -2.31. The topological polar surface area (TPSA) is 59.9 Å². The number of guanidine groups is 1. The van der Waals surface area contributed by atoms with E-state index in [9.17, 15) is 5.11 Å². The van der Waals surface area contributed by atoms with Crippen molar-refractivity contribution in [2.45, 2.75) is 39.0 Å². The summed E-state index contributed by atoms with van der Waals surface area (Å²) in [5.41, 5.74) is 1.14. The summed E-state index contributed by atoms with van der Waals surface area (Å²) in [6.45, 7) is 10.5. The molecule has 0 radical (unpaired) electrons. The van der Waals surface area contributed by atoms with Crippen molar-refractivity contribution in [1.29, 1.82) is 0 Å². The van der Waals surface area contributed by atoms with Crippen LogP contribution in [0.5, 0.6) is 0 Å². The van der Waals surface area contributed by atoms with Crippen LogP contribution < -0.4 is 10.6 Å². The summed E-state index contributed by atoms with van der Waals surface area (Å²) in [7, 11) is 0. The van der Waals surface area contributed by atoms with E-state index in [1.807, 2.05) is 18.2 Å². The molecular formula is C21H37IN4O. The minimum Gasteiger partial charge on any atom is -0.396 e. The molecule has 1 aliphatic rings. The molecule has 0 amide bonds. The summed E-state index contributed by atoms with van der Waals surface area (Å²) in [5.74, 6) is 1.72. The Hall–Kier alpha value is -0.860. The average molecular weight is 488 g/mol. The number of aliphatic imine (C=N–C) groups is 1. The van der Waals surface area contributed by atoms with E-state index in [0.717, 1.165) is 30.5 Å². The van der Waals surface area contributed by atoms with Gasteiger partial charge in [-0.1, -0.05) is 37.3 Å². The second-order valence-electron chi connectivity index (χ2n) is 7.10. The number of hydrogen-bond acceptors (Lipinski definition) is 3. The Labute approximate surface area is 182 Å². The van der Waals surface area contributed by atoms with Crippen molar-refractivity contribution in [3.8, 4) is 0 Å². The second kappa shape index (κ2) is 14.2. The molecule has 1 unspecified atom stereocenters. The molecule has 1 atom stereocenters. The van der Waals surface area contributed by atoms with E-state index in [-0.39, 0.29) is 36.5 Å². The van der Waals surface area contributed by atoms with Gasteiger partial charge in [-0.2, -0.15) is 0 Å². The normalized spacial score (nSPS) is 17.2. The van der Waals surface area contributed by atoms with Crippen molar-refractivity contribution < 1.29 is 5.11 Å². The first-order chi connectivity index (χ1) is 12.8. The van der Waals surface area contributed by atoms with E-state index >= 15 is 0 Å². The first kappa shape index (κ1) is 24.2. The number of aliphatic hydroxyl groups is 1. The number of piperidine rings is 1. The van der Waals surface area contributed by atoms with E-state index < -0.39 is 0 Å². The van der Waals surface area contributed by atoms with Crippen LogP contribution in [0.3, 0.4) is 0 Å². The average Bonchev–Trinajstić information content (AvgIpc) is 2.69. The molecule has 1 aliphatic heterocycles. The van der Waals surface area contributed by atoms with Gasteiger partial charge in [0.2, 0.25) is 0 Å². The molecule has 0 bridgehead atoms. The molecule has 0 aromatic heterocycles. The van der Waals surface area contributed by atoms with Gasteiger partial charge in [0.15, 0.2) is 5.96 Å². The molecule has 0 saturated carbocycles. The highest BCUT2D eigenvalue weighted by atomic mass is 127. The van der Waals surface area contributed by atoms with Gasteiger partial charge in [0.25, 0.3) is 0 Å². The SMILES string of the molecule is CCNC(=NCC(CO)c1ccccc1)NCCC1CCN(CC)CC1.I. The smallest absolute Gasteiger partial charge is 0.191 e. The van der Waals surface area contributed by atoms with Gasteiger partial charge < -0.3 is 20.6 Å². The van der Waals surface area contributed by atoms with Crippen LogP contribution in [-0.2, 0) is 0 Å². The Morgan fingerprint density at radius 1 is 1.19 bits per heavy atom. The molecule has 1 aromatic rings. The molecular weight excluding hydrogens is 451 g/mol. The Morgan fingerprint density at radius 2 is 1.89 bits per heavy atom. The lowest BCUT2D eigenvalue weighted by atomic mass is 9.93. The van der Waals surface area contributed by atoms with Crippen molar-refractivity contribution in [1.82, 2.24) is 15.5 Å². The number of halogens is 1. The zero-order chi connectivity index (χ0) is 18.6. The molecule has 154 valence electrons. The van der Waals surface area contributed by atoms with E-state index in [0.29, 0.717) is 6.54 Å². The third kappa shape index (κ3) is 8.79. The van der Waals surface area contributed by atoms with Crippen molar-refractivity contribution in [3.05, 3.63) is 35.9 Å². The van der Waals surface area contributed by atoms with E-state index in [4.69, 9.17) is 4.99 Å². The van der Waals surface area contributed by atoms with Gasteiger partial charge in [0.05, 0.1) is 13.2 Å². The minimum atomic E-state index is 0. The van der Waals surface area contributed by atoms with Gasteiger partial charge in [-0.3, -0.25) is 4.99 Å². The highest BCUT2D eigenvalue weighted by Crippen LogP contribution is 2.19. The molecule has 3 N–H and O–H groups in total. The van der Waals surface area contributed by atoms with Crippen molar-refractivity contribution in [2.24, 2.45) is 10.9 Å². The maximum Gasteiger partial charge on any atom is 0.191 e. The number of benzene rings is 1. The molecule has 1 aromatic carbocycles. The number of nitrogens with zero attached hydrogens (tertiary/aromatic N) is 2. The van der Waals surface area contributed by atoms with Gasteiger partial charge in [0.1, 0.15) is 0 Å². The monoisotopic (exact) mass is 488 g/mol. The second-order valence-corrected chi connectivity index (χ2v) is 7.10. The van der Waals surface area contributed by atoms with E-state index in [1.165, 1.54) is 38.9 Å². The summed E-state index contributed by atoms with van der Waals surface area (Å²) in [4.78, 5) is 7.23. The van der Waals surface area contributed by atoms with Gasteiger partial charge in [0, 0.05) is 19.0 Å². The predicted octanol–water partition coefficient (Wildman–Crippen LogP) is 3.06. The molecule has 1 heterocycles. The number of aliphatic hydroxyl groups excluding tert-OH is 1. The Balaban J connectivity index is 0.00000364. The lowest BCUT2D eigenvalue weighted by Crippen LogP contribution is -2.39. The van der Waals surface area contributed by atoms with Crippen LogP contribution in [0.25, 0.3) is 0 Å². The summed E-state index contributed by atoms with van der Waals surface area (Å²) in [5, 5.41) is 16.5.